The number of nitrogens with zero attached hydrogens (tertiary/aromatic N) is 1. The van der Waals surface area contributed by atoms with E-state index in [1.54, 1.807) is 6.92 Å². The van der Waals surface area contributed by atoms with E-state index in [0.29, 0.717) is 6.61 Å². The molecule has 1 aliphatic rings. The minimum absolute atomic E-state index is 0.143. The molecule has 1 saturated heterocycles. The van der Waals surface area contributed by atoms with E-state index in [1.807, 2.05) is 0 Å². The van der Waals surface area contributed by atoms with Crippen LogP contribution in [0.1, 0.15) is 20.3 Å². The Kier molecular flexibility index (Phi) is 4.21. The lowest BCUT2D eigenvalue weighted by atomic mass is 10.2. The van der Waals surface area contributed by atoms with Crippen LogP contribution in [-0.4, -0.2) is 48.6 Å². The van der Waals surface area contributed by atoms with Crippen molar-refractivity contribution >= 4 is 5.91 Å². The maximum Gasteiger partial charge on any atom is 0.267 e. The van der Waals surface area contributed by atoms with Gasteiger partial charge >= 0.3 is 0 Å². The van der Waals surface area contributed by atoms with Crippen molar-refractivity contribution in [3.63, 3.8) is 0 Å². The van der Waals surface area contributed by atoms with E-state index in [1.165, 1.54) is 6.92 Å². The summed E-state index contributed by atoms with van der Waals surface area (Å²) in [6, 6.07) is -1.31. The number of ether oxygens (including phenoxy) is 1. The Morgan fingerprint density at radius 2 is 2.31 bits per heavy atom. The van der Waals surface area contributed by atoms with E-state index in [2.05, 4.69) is 0 Å². The highest BCUT2D eigenvalue weighted by molar-refractivity contribution is 5.82. The van der Waals surface area contributed by atoms with Crippen LogP contribution in [0.4, 0.5) is 8.78 Å². The molecule has 2 unspecified atom stereocenters. The van der Waals surface area contributed by atoms with Crippen LogP contribution in [0.3, 0.4) is 0 Å². The predicted molar refractivity (Wildman–Crippen MR) is 55.2 cm³/mol. The first-order valence-electron chi connectivity index (χ1n) is 5.39. The van der Waals surface area contributed by atoms with Crippen LogP contribution in [0.5, 0.6) is 0 Å². The van der Waals surface area contributed by atoms with Crippen molar-refractivity contribution in [3.05, 3.63) is 0 Å². The first-order valence-corrected chi connectivity index (χ1v) is 5.39. The standard InChI is InChI=1S/C10H18F2N2O2/c1-3-16-5-8-4-10(11,12)6-14(8)9(15)7(2)13/h7-8H,3-6,13H2,1-2H3. The number of likely N-dealkylation sites (tertiary alicyclic amines) is 1. The van der Waals surface area contributed by atoms with Gasteiger partial charge in [0.05, 0.1) is 25.2 Å². The van der Waals surface area contributed by atoms with Crippen LogP contribution >= 0.6 is 0 Å². The minimum atomic E-state index is -2.83. The quantitative estimate of drug-likeness (QED) is 0.778. The zero-order valence-electron chi connectivity index (χ0n) is 9.58. The number of nitrogens with two attached hydrogens (primary N) is 1. The maximum atomic E-state index is 13.2. The van der Waals surface area contributed by atoms with E-state index in [-0.39, 0.29) is 13.0 Å². The molecule has 2 N–H and O–H groups in total. The Morgan fingerprint density at radius 3 is 2.81 bits per heavy atom. The van der Waals surface area contributed by atoms with Crippen LogP contribution < -0.4 is 5.73 Å². The Labute approximate surface area is 93.7 Å². The molecule has 1 heterocycles. The average Bonchev–Trinajstić information content (AvgIpc) is 2.49. The lowest BCUT2D eigenvalue weighted by Crippen LogP contribution is -2.46. The Morgan fingerprint density at radius 1 is 1.69 bits per heavy atom. The molecule has 0 aromatic heterocycles. The van der Waals surface area contributed by atoms with Crippen LogP contribution in [-0.2, 0) is 9.53 Å². The number of hydrogen-bond acceptors (Lipinski definition) is 3. The fourth-order valence-corrected chi connectivity index (χ4v) is 1.82. The van der Waals surface area contributed by atoms with Crippen molar-refractivity contribution in [2.75, 3.05) is 19.8 Å². The molecule has 1 aliphatic heterocycles. The molecule has 0 saturated carbocycles. The number of rotatable bonds is 4. The van der Waals surface area contributed by atoms with Crippen LogP contribution in [0.2, 0.25) is 0 Å². The van der Waals surface area contributed by atoms with Crippen LogP contribution in [0.25, 0.3) is 0 Å². The third-order valence-corrected chi connectivity index (χ3v) is 2.56. The summed E-state index contributed by atoms with van der Waals surface area (Å²) in [6.07, 6.45) is -0.342. The molecule has 0 aromatic carbocycles. The first-order chi connectivity index (χ1) is 7.37. The topological polar surface area (TPSA) is 55.6 Å². The van der Waals surface area contributed by atoms with E-state index in [0.717, 1.165) is 4.90 Å². The molecule has 1 amide bonds. The normalized spacial score (nSPS) is 25.8. The summed E-state index contributed by atoms with van der Waals surface area (Å²) in [5.74, 6) is -3.27. The van der Waals surface area contributed by atoms with Crippen LogP contribution in [0, 0.1) is 0 Å². The third-order valence-electron chi connectivity index (χ3n) is 2.56. The second-order valence-corrected chi connectivity index (χ2v) is 4.13. The summed E-state index contributed by atoms with van der Waals surface area (Å²) < 4.78 is 31.5. The smallest absolute Gasteiger partial charge is 0.267 e. The maximum absolute atomic E-state index is 13.2. The second kappa shape index (κ2) is 5.05. The molecule has 6 heteroatoms. The average molecular weight is 236 g/mol. The van der Waals surface area contributed by atoms with Crippen molar-refractivity contribution in [2.45, 2.75) is 38.3 Å². The van der Waals surface area contributed by atoms with Gasteiger partial charge in [0.2, 0.25) is 5.91 Å². The zero-order valence-corrected chi connectivity index (χ0v) is 9.58. The molecule has 1 fully saturated rings. The molecule has 2 atom stereocenters. The van der Waals surface area contributed by atoms with E-state index in [4.69, 9.17) is 10.5 Å². The van der Waals surface area contributed by atoms with Crippen molar-refractivity contribution in [2.24, 2.45) is 5.73 Å². The van der Waals surface area contributed by atoms with Crippen molar-refractivity contribution in [1.82, 2.24) is 4.90 Å². The molecular weight excluding hydrogens is 218 g/mol. The molecule has 0 spiro atoms. The molecule has 4 nitrogen and oxygen atoms in total. The van der Waals surface area contributed by atoms with E-state index < -0.39 is 30.5 Å². The Hall–Kier alpha value is -0.750. The van der Waals surface area contributed by atoms with E-state index >= 15 is 0 Å². The zero-order chi connectivity index (χ0) is 12.3. The molecule has 16 heavy (non-hydrogen) atoms. The van der Waals surface area contributed by atoms with Gasteiger partial charge in [-0.3, -0.25) is 4.79 Å². The summed E-state index contributed by atoms with van der Waals surface area (Å²) in [4.78, 5) is 12.8. The summed E-state index contributed by atoms with van der Waals surface area (Å²) in [7, 11) is 0. The summed E-state index contributed by atoms with van der Waals surface area (Å²) in [6.45, 7) is 3.32. The third kappa shape index (κ3) is 3.12. The minimum Gasteiger partial charge on any atom is -0.380 e. The highest BCUT2D eigenvalue weighted by Crippen LogP contribution is 2.32. The Bertz CT molecular complexity index is 259. The molecule has 94 valence electrons. The van der Waals surface area contributed by atoms with Gasteiger partial charge < -0.3 is 15.4 Å². The van der Waals surface area contributed by atoms with E-state index in [9.17, 15) is 13.6 Å². The van der Waals surface area contributed by atoms with Gasteiger partial charge in [-0.1, -0.05) is 0 Å². The summed E-state index contributed by atoms with van der Waals surface area (Å²) in [5, 5.41) is 0. The number of alkyl halides is 2. The van der Waals surface area contributed by atoms with Gasteiger partial charge in [-0.25, -0.2) is 8.78 Å². The fraction of sp³-hybridized carbons (Fsp3) is 0.900. The number of hydrogen-bond donors (Lipinski definition) is 1. The van der Waals surface area contributed by atoms with Crippen molar-refractivity contribution in [3.8, 4) is 0 Å². The predicted octanol–water partition coefficient (Wildman–Crippen LogP) is 0.606. The lowest BCUT2D eigenvalue weighted by Gasteiger charge is -2.25. The van der Waals surface area contributed by atoms with Gasteiger partial charge in [0.25, 0.3) is 5.92 Å². The van der Waals surface area contributed by atoms with Gasteiger partial charge in [-0.05, 0) is 13.8 Å². The fourth-order valence-electron chi connectivity index (χ4n) is 1.82. The first kappa shape index (κ1) is 13.3. The van der Waals surface area contributed by atoms with Crippen molar-refractivity contribution < 1.29 is 18.3 Å². The van der Waals surface area contributed by atoms with Gasteiger partial charge in [0.1, 0.15) is 0 Å². The van der Waals surface area contributed by atoms with Gasteiger partial charge in [0.15, 0.2) is 0 Å². The SMILES string of the molecule is CCOCC1CC(F)(F)CN1C(=O)C(C)N. The number of carbonyl (C=O) groups is 1. The highest BCUT2D eigenvalue weighted by atomic mass is 19.3. The highest BCUT2D eigenvalue weighted by Gasteiger charge is 2.47. The number of carbonyl (C=O) groups excluding carboxylic acids is 1. The van der Waals surface area contributed by atoms with Crippen LogP contribution in [0.15, 0.2) is 0 Å². The van der Waals surface area contributed by atoms with Crippen molar-refractivity contribution in [1.29, 1.82) is 0 Å². The van der Waals surface area contributed by atoms with Gasteiger partial charge in [0, 0.05) is 13.0 Å². The molecule has 0 radical (unpaired) electrons. The lowest BCUT2D eigenvalue weighted by molar-refractivity contribution is -0.135. The summed E-state index contributed by atoms with van der Waals surface area (Å²) in [5.41, 5.74) is 5.42. The van der Waals surface area contributed by atoms with Gasteiger partial charge in [-0.2, -0.15) is 0 Å². The molecule has 0 aliphatic carbocycles. The second-order valence-electron chi connectivity index (χ2n) is 4.13. The van der Waals surface area contributed by atoms with Gasteiger partial charge in [-0.15, -0.1) is 0 Å². The largest absolute Gasteiger partial charge is 0.380 e. The molecular formula is C10H18F2N2O2. The molecule has 0 bridgehead atoms. The number of amides is 1. The number of halogens is 2. The monoisotopic (exact) mass is 236 g/mol. The Balaban J connectivity index is 2.68. The summed E-state index contributed by atoms with van der Waals surface area (Å²) >= 11 is 0. The molecule has 1 rings (SSSR count). The molecule has 0 aromatic rings.